The summed E-state index contributed by atoms with van der Waals surface area (Å²) in [5, 5.41) is 4.18. The van der Waals surface area contributed by atoms with Crippen molar-refractivity contribution in [3.8, 4) is 0 Å². The van der Waals surface area contributed by atoms with Crippen LogP contribution in [0.4, 0.5) is 0 Å². The number of carbonyl (C=O) groups is 1. The summed E-state index contributed by atoms with van der Waals surface area (Å²) in [5.41, 5.74) is 1.65. The highest BCUT2D eigenvalue weighted by Gasteiger charge is 2.22. The van der Waals surface area contributed by atoms with E-state index in [1.54, 1.807) is 0 Å². The molecule has 0 saturated carbocycles. The Morgan fingerprint density at radius 3 is 3.11 bits per heavy atom. The average molecular weight is 243 g/mol. The molecule has 1 atom stereocenters. The van der Waals surface area contributed by atoms with Gasteiger partial charge in [0.15, 0.2) is 0 Å². The van der Waals surface area contributed by atoms with Gasteiger partial charge in [-0.1, -0.05) is 12.1 Å². The lowest BCUT2D eigenvalue weighted by Crippen LogP contribution is -2.36. The number of likely N-dealkylation sites (tertiary alicyclic amines) is 1. The lowest BCUT2D eigenvalue weighted by Gasteiger charge is -2.13. The molecule has 1 amide bonds. The van der Waals surface area contributed by atoms with Crippen LogP contribution in [0.2, 0.25) is 0 Å². The maximum Gasteiger partial charge on any atom is 0.253 e. The number of hydrogen-bond donors (Lipinski definition) is 2. The van der Waals surface area contributed by atoms with Crippen molar-refractivity contribution in [2.75, 3.05) is 20.1 Å². The molecule has 3 rings (SSSR count). The fourth-order valence-electron chi connectivity index (χ4n) is 2.59. The maximum absolute atomic E-state index is 12.3. The molecule has 4 heteroatoms. The Labute approximate surface area is 106 Å². The number of likely N-dealkylation sites (N-methyl/N-ethyl adjacent to an activating group) is 1. The smallest absolute Gasteiger partial charge is 0.253 e. The Morgan fingerprint density at radius 1 is 1.44 bits per heavy atom. The van der Waals surface area contributed by atoms with Crippen LogP contribution in [0.15, 0.2) is 30.5 Å². The minimum atomic E-state index is 0.0170. The topological polar surface area (TPSA) is 48.1 Å². The second kappa shape index (κ2) is 4.46. The number of nitrogens with zero attached hydrogens (tertiary/aromatic N) is 1. The van der Waals surface area contributed by atoms with Gasteiger partial charge in [0.1, 0.15) is 0 Å². The van der Waals surface area contributed by atoms with Crippen molar-refractivity contribution >= 4 is 16.8 Å². The second-order valence-corrected chi connectivity index (χ2v) is 4.97. The van der Waals surface area contributed by atoms with E-state index in [0.29, 0.717) is 0 Å². The molecule has 2 heterocycles. The Balaban J connectivity index is 1.81. The van der Waals surface area contributed by atoms with Crippen LogP contribution in [-0.2, 0) is 0 Å². The molecule has 94 valence electrons. The first kappa shape index (κ1) is 11.3. The van der Waals surface area contributed by atoms with Crippen molar-refractivity contribution in [3.63, 3.8) is 0 Å². The number of hydrogen-bond acceptors (Lipinski definition) is 2. The quantitative estimate of drug-likeness (QED) is 0.841. The van der Waals surface area contributed by atoms with Crippen LogP contribution in [0.1, 0.15) is 16.8 Å². The molecular weight excluding hydrogens is 226 g/mol. The van der Waals surface area contributed by atoms with Crippen molar-refractivity contribution in [2.24, 2.45) is 0 Å². The average Bonchev–Trinajstić information content (AvgIpc) is 2.97. The van der Waals surface area contributed by atoms with Crippen LogP contribution in [-0.4, -0.2) is 42.0 Å². The summed E-state index contributed by atoms with van der Waals surface area (Å²) in [7, 11) is 2.08. The van der Waals surface area contributed by atoms with E-state index in [9.17, 15) is 4.79 Å². The molecule has 0 radical (unpaired) electrons. The summed E-state index contributed by atoms with van der Waals surface area (Å²) in [6, 6.07) is 8.05. The van der Waals surface area contributed by atoms with Gasteiger partial charge in [-0.2, -0.15) is 0 Å². The molecule has 4 nitrogen and oxygen atoms in total. The number of fused-ring (bicyclic) bond motifs is 1. The summed E-state index contributed by atoms with van der Waals surface area (Å²) in [6.45, 7) is 1.99. The van der Waals surface area contributed by atoms with E-state index in [2.05, 4.69) is 22.2 Å². The van der Waals surface area contributed by atoms with Crippen molar-refractivity contribution in [1.29, 1.82) is 0 Å². The first-order valence-corrected chi connectivity index (χ1v) is 6.29. The molecule has 0 bridgehead atoms. The van der Waals surface area contributed by atoms with Crippen LogP contribution in [0, 0.1) is 0 Å². The predicted molar refractivity (Wildman–Crippen MR) is 71.7 cm³/mol. The Kier molecular flexibility index (Phi) is 2.80. The van der Waals surface area contributed by atoms with Crippen LogP contribution in [0.3, 0.4) is 0 Å². The standard InChI is InChI=1S/C14H17N3O/c1-17-8-6-11(9-17)16-14(18)12-4-2-3-10-5-7-15-13(10)12/h2-5,7,11,15H,6,8-9H2,1H3,(H,16,18). The van der Waals surface area contributed by atoms with Gasteiger partial charge in [0.05, 0.1) is 11.1 Å². The molecule has 1 aromatic heterocycles. The van der Waals surface area contributed by atoms with Gasteiger partial charge < -0.3 is 15.2 Å². The van der Waals surface area contributed by atoms with Gasteiger partial charge in [-0.15, -0.1) is 0 Å². The second-order valence-electron chi connectivity index (χ2n) is 4.97. The normalized spacial score (nSPS) is 20.4. The third-order valence-electron chi connectivity index (χ3n) is 3.56. The number of amides is 1. The highest BCUT2D eigenvalue weighted by atomic mass is 16.1. The number of carbonyl (C=O) groups excluding carboxylic acids is 1. The van der Waals surface area contributed by atoms with Gasteiger partial charge in [-0.3, -0.25) is 4.79 Å². The van der Waals surface area contributed by atoms with Crippen molar-refractivity contribution in [3.05, 3.63) is 36.0 Å². The van der Waals surface area contributed by atoms with Crippen LogP contribution in [0.5, 0.6) is 0 Å². The molecule has 0 spiro atoms. The van der Waals surface area contributed by atoms with E-state index in [0.717, 1.165) is 36.0 Å². The van der Waals surface area contributed by atoms with E-state index in [-0.39, 0.29) is 11.9 Å². The number of H-pyrrole nitrogens is 1. The minimum Gasteiger partial charge on any atom is -0.361 e. The zero-order chi connectivity index (χ0) is 12.5. The number of aromatic nitrogens is 1. The number of benzene rings is 1. The lowest BCUT2D eigenvalue weighted by atomic mass is 10.1. The van der Waals surface area contributed by atoms with Gasteiger partial charge in [-0.25, -0.2) is 0 Å². The summed E-state index contributed by atoms with van der Waals surface area (Å²) >= 11 is 0. The third-order valence-corrected chi connectivity index (χ3v) is 3.56. The highest BCUT2D eigenvalue weighted by Crippen LogP contribution is 2.17. The summed E-state index contributed by atoms with van der Waals surface area (Å²) in [5.74, 6) is 0.0170. The lowest BCUT2D eigenvalue weighted by molar-refractivity contribution is 0.0940. The van der Waals surface area contributed by atoms with Gasteiger partial charge >= 0.3 is 0 Å². The molecule has 2 aromatic rings. The van der Waals surface area contributed by atoms with Crippen molar-refractivity contribution < 1.29 is 4.79 Å². The number of rotatable bonds is 2. The molecule has 1 aliphatic rings. The number of nitrogens with one attached hydrogen (secondary N) is 2. The first-order valence-electron chi connectivity index (χ1n) is 6.29. The summed E-state index contributed by atoms with van der Waals surface area (Å²) < 4.78 is 0. The van der Waals surface area contributed by atoms with Gasteiger partial charge in [0.2, 0.25) is 0 Å². The molecule has 0 aliphatic carbocycles. The van der Waals surface area contributed by atoms with E-state index < -0.39 is 0 Å². The molecule has 1 unspecified atom stereocenters. The van der Waals surface area contributed by atoms with Crippen molar-refractivity contribution in [1.82, 2.24) is 15.2 Å². The SMILES string of the molecule is CN1CCC(NC(=O)c2cccc3cc[nH]c23)C1. The largest absolute Gasteiger partial charge is 0.361 e. The molecule has 2 N–H and O–H groups in total. The van der Waals surface area contributed by atoms with Crippen LogP contribution >= 0.6 is 0 Å². The van der Waals surface area contributed by atoms with Crippen LogP contribution in [0.25, 0.3) is 10.9 Å². The Hall–Kier alpha value is -1.81. The minimum absolute atomic E-state index is 0.0170. The van der Waals surface area contributed by atoms with Crippen LogP contribution < -0.4 is 5.32 Å². The number of para-hydroxylation sites is 1. The predicted octanol–water partition coefficient (Wildman–Crippen LogP) is 1.60. The van der Waals surface area contributed by atoms with E-state index in [1.165, 1.54) is 0 Å². The summed E-state index contributed by atoms with van der Waals surface area (Å²) in [6.07, 6.45) is 2.90. The molecule has 1 aromatic carbocycles. The molecular formula is C14H17N3O. The molecule has 1 aliphatic heterocycles. The zero-order valence-corrected chi connectivity index (χ0v) is 10.4. The van der Waals surface area contributed by atoms with Gasteiger partial charge in [0.25, 0.3) is 5.91 Å². The third kappa shape index (κ3) is 1.99. The van der Waals surface area contributed by atoms with E-state index in [4.69, 9.17) is 0 Å². The Morgan fingerprint density at radius 2 is 2.33 bits per heavy atom. The first-order chi connectivity index (χ1) is 8.74. The Bertz CT molecular complexity index is 575. The van der Waals surface area contributed by atoms with E-state index >= 15 is 0 Å². The number of aromatic amines is 1. The van der Waals surface area contributed by atoms with Gasteiger partial charge in [-0.05, 0) is 32.1 Å². The molecule has 1 saturated heterocycles. The maximum atomic E-state index is 12.3. The molecule has 18 heavy (non-hydrogen) atoms. The van der Waals surface area contributed by atoms with Crippen molar-refractivity contribution in [2.45, 2.75) is 12.5 Å². The highest BCUT2D eigenvalue weighted by molar-refractivity contribution is 6.05. The molecule has 1 fully saturated rings. The summed E-state index contributed by atoms with van der Waals surface area (Å²) in [4.78, 5) is 17.6. The fraction of sp³-hybridized carbons (Fsp3) is 0.357. The fourth-order valence-corrected chi connectivity index (χ4v) is 2.59. The van der Waals surface area contributed by atoms with Gasteiger partial charge in [0, 0.05) is 24.2 Å². The zero-order valence-electron chi connectivity index (χ0n) is 10.4. The van der Waals surface area contributed by atoms with E-state index in [1.807, 2.05) is 30.5 Å². The monoisotopic (exact) mass is 243 g/mol.